The Morgan fingerprint density at radius 2 is 1.93 bits per heavy atom. The van der Waals surface area contributed by atoms with Crippen molar-refractivity contribution in [2.75, 3.05) is 7.11 Å². The maximum atomic E-state index is 5.86. The van der Waals surface area contributed by atoms with Crippen LogP contribution < -0.4 is 9.47 Å². The molecule has 1 aromatic heterocycles. The van der Waals surface area contributed by atoms with Crippen molar-refractivity contribution in [3.8, 4) is 11.5 Å². The smallest absolute Gasteiger partial charge is 0.161 e. The van der Waals surface area contributed by atoms with Gasteiger partial charge in [0.15, 0.2) is 18.1 Å². The number of ether oxygens (including phenoxy) is 2. The summed E-state index contributed by atoms with van der Waals surface area (Å²) in [5.74, 6) is 1.34. The summed E-state index contributed by atoms with van der Waals surface area (Å²) in [6, 6.07) is 15.7. The molecule has 0 atom stereocenters. The fourth-order valence-electron chi connectivity index (χ4n) is 2.40. The van der Waals surface area contributed by atoms with Gasteiger partial charge in [-0.25, -0.2) is 4.98 Å². The van der Waals surface area contributed by atoms with Crippen LogP contribution in [-0.2, 0) is 24.5 Å². The Morgan fingerprint density at radius 3 is 2.67 bits per heavy atom. The Balaban J connectivity index is 1.56. The van der Waals surface area contributed by atoms with Gasteiger partial charge in [-0.1, -0.05) is 42.4 Å². The van der Waals surface area contributed by atoms with Crippen LogP contribution in [0.5, 0.6) is 11.5 Å². The number of thiazole rings is 1. The third-order valence-corrected chi connectivity index (χ3v) is 4.86. The maximum absolute atomic E-state index is 5.86. The van der Waals surface area contributed by atoms with Crippen LogP contribution in [0.2, 0.25) is 0 Å². The molecule has 0 aliphatic rings. The Morgan fingerprint density at radius 1 is 1.07 bits per heavy atom. The lowest BCUT2D eigenvalue weighted by Gasteiger charge is -2.11. The average molecular weight is 382 g/mol. The maximum Gasteiger partial charge on any atom is 0.161 e. The number of rotatable bonds is 9. The van der Waals surface area contributed by atoms with Gasteiger partial charge >= 0.3 is 0 Å². The summed E-state index contributed by atoms with van der Waals surface area (Å²) in [6.07, 6.45) is 2.59. The van der Waals surface area contributed by atoms with Gasteiger partial charge < -0.3 is 14.3 Å². The Kier molecular flexibility index (Phi) is 6.82. The molecule has 0 fully saturated rings. The molecule has 0 N–H and O–H groups in total. The highest BCUT2D eigenvalue weighted by Crippen LogP contribution is 2.28. The van der Waals surface area contributed by atoms with Crippen molar-refractivity contribution in [3.05, 3.63) is 75.7 Å². The third-order valence-electron chi connectivity index (χ3n) is 3.82. The van der Waals surface area contributed by atoms with E-state index in [9.17, 15) is 0 Å². The van der Waals surface area contributed by atoms with Gasteiger partial charge in [0, 0.05) is 10.9 Å². The summed E-state index contributed by atoms with van der Waals surface area (Å²) in [5, 5.41) is 7.12. The van der Waals surface area contributed by atoms with Crippen molar-refractivity contribution in [1.29, 1.82) is 0 Å². The minimum Gasteiger partial charge on any atom is -0.493 e. The van der Waals surface area contributed by atoms with E-state index in [2.05, 4.69) is 17.1 Å². The summed E-state index contributed by atoms with van der Waals surface area (Å²) in [7, 11) is 1.62. The second kappa shape index (κ2) is 9.73. The van der Waals surface area contributed by atoms with Gasteiger partial charge in [0.2, 0.25) is 0 Å². The first kappa shape index (κ1) is 18.9. The number of methoxy groups -OCH3 is 1. The zero-order valence-corrected chi connectivity index (χ0v) is 16.2. The van der Waals surface area contributed by atoms with Gasteiger partial charge in [0.05, 0.1) is 24.0 Å². The lowest BCUT2D eigenvalue weighted by atomic mass is 10.2. The number of aromatic nitrogens is 1. The fourth-order valence-corrected chi connectivity index (χ4v) is 3.13. The van der Waals surface area contributed by atoms with E-state index in [0.29, 0.717) is 24.7 Å². The van der Waals surface area contributed by atoms with Crippen LogP contribution in [-0.4, -0.2) is 18.3 Å². The zero-order chi connectivity index (χ0) is 18.9. The number of nitrogens with zero attached hydrogens (tertiary/aromatic N) is 2. The second-order valence-electron chi connectivity index (χ2n) is 5.78. The predicted octanol–water partition coefficient (Wildman–Crippen LogP) is 4.84. The molecule has 0 amide bonds. The molecule has 1 heterocycles. The van der Waals surface area contributed by atoms with Gasteiger partial charge in [0.25, 0.3) is 0 Å². The van der Waals surface area contributed by atoms with Gasteiger partial charge in [-0.2, -0.15) is 0 Å². The molecule has 2 aromatic carbocycles. The van der Waals surface area contributed by atoms with Crippen LogP contribution in [0.25, 0.3) is 0 Å². The number of oxime groups is 1. The highest BCUT2D eigenvalue weighted by atomic mass is 32.1. The lowest BCUT2D eigenvalue weighted by Crippen LogP contribution is -1.98. The minimum atomic E-state index is 0.363. The Labute approximate surface area is 163 Å². The molecule has 0 aliphatic carbocycles. The van der Waals surface area contributed by atoms with E-state index in [-0.39, 0.29) is 0 Å². The lowest BCUT2D eigenvalue weighted by molar-refractivity contribution is 0.129. The quantitative estimate of drug-likeness (QED) is 0.392. The fraction of sp³-hybridized carbons (Fsp3) is 0.238. The largest absolute Gasteiger partial charge is 0.493 e. The van der Waals surface area contributed by atoms with E-state index >= 15 is 0 Å². The average Bonchev–Trinajstić information content (AvgIpc) is 3.19. The molecule has 140 valence electrons. The minimum absolute atomic E-state index is 0.363. The van der Waals surface area contributed by atoms with Crippen LogP contribution in [0.4, 0.5) is 0 Å². The molecule has 5 nitrogen and oxygen atoms in total. The number of hydrogen-bond acceptors (Lipinski definition) is 6. The molecule has 0 saturated carbocycles. The number of hydrogen-bond donors (Lipinski definition) is 0. The summed E-state index contributed by atoms with van der Waals surface area (Å²) in [6.45, 7) is 2.94. The first-order chi connectivity index (χ1) is 13.3. The third kappa shape index (κ3) is 5.56. The number of benzene rings is 2. The summed E-state index contributed by atoms with van der Waals surface area (Å²) in [4.78, 5) is 9.77. The van der Waals surface area contributed by atoms with Crippen LogP contribution in [0.1, 0.15) is 28.8 Å². The molecular formula is C21H22N2O3S. The standard InChI is InChI=1S/C21H22N2O3S/c1-3-21-23-18(15-27-21)14-26-22-12-17-9-10-19(20(11-17)24-2)25-13-16-7-5-4-6-8-16/h4-12,15H,3,13-14H2,1-2H3. The monoisotopic (exact) mass is 382 g/mol. The van der Waals surface area contributed by atoms with Crippen LogP contribution in [0, 0.1) is 0 Å². The zero-order valence-electron chi connectivity index (χ0n) is 15.4. The van der Waals surface area contributed by atoms with Crippen LogP contribution in [0.3, 0.4) is 0 Å². The Bertz CT molecular complexity index is 878. The molecule has 0 saturated heterocycles. The molecule has 6 heteroatoms. The highest BCUT2D eigenvalue weighted by Gasteiger charge is 2.06. The second-order valence-corrected chi connectivity index (χ2v) is 6.72. The van der Waals surface area contributed by atoms with E-state index in [1.54, 1.807) is 24.7 Å². The van der Waals surface area contributed by atoms with E-state index in [0.717, 1.165) is 28.2 Å². The molecule has 0 aliphatic heterocycles. The van der Waals surface area contributed by atoms with Crippen molar-refractivity contribution >= 4 is 17.6 Å². The van der Waals surface area contributed by atoms with Crippen molar-refractivity contribution in [1.82, 2.24) is 4.98 Å². The van der Waals surface area contributed by atoms with E-state index in [4.69, 9.17) is 14.3 Å². The van der Waals surface area contributed by atoms with Crippen molar-refractivity contribution < 1.29 is 14.3 Å². The molecule has 3 aromatic rings. The van der Waals surface area contributed by atoms with Crippen molar-refractivity contribution in [2.45, 2.75) is 26.6 Å². The molecule has 0 unspecified atom stereocenters. The van der Waals surface area contributed by atoms with Crippen molar-refractivity contribution in [2.24, 2.45) is 5.16 Å². The molecule has 27 heavy (non-hydrogen) atoms. The molecule has 3 rings (SSSR count). The van der Waals surface area contributed by atoms with Gasteiger partial charge in [-0.15, -0.1) is 11.3 Å². The highest BCUT2D eigenvalue weighted by molar-refractivity contribution is 7.09. The first-order valence-electron chi connectivity index (χ1n) is 8.72. The molecule has 0 bridgehead atoms. The Hall–Kier alpha value is -2.86. The summed E-state index contributed by atoms with van der Waals surface area (Å²) < 4.78 is 11.3. The van der Waals surface area contributed by atoms with Gasteiger partial charge in [-0.3, -0.25) is 0 Å². The van der Waals surface area contributed by atoms with E-state index in [1.807, 2.05) is 53.9 Å². The normalized spacial score (nSPS) is 10.9. The van der Waals surface area contributed by atoms with Gasteiger partial charge in [-0.05, 0) is 30.2 Å². The SMILES string of the molecule is CCc1nc(CON=Cc2ccc(OCc3ccccc3)c(OC)c2)cs1. The molecule has 0 spiro atoms. The molecular weight excluding hydrogens is 360 g/mol. The summed E-state index contributed by atoms with van der Waals surface area (Å²) >= 11 is 1.64. The predicted molar refractivity (Wildman–Crippen MR) is 108 cm³/mol. The topological polar surface area (TPSA) is 52.9 Å². The summed E-state index contributed by atoms with van der Waals surface area (Å²) in [5.41, 5.74) is 2.87. The van der Waals surface area contributed by atoms with E-state index < -0.39 is 0 Å². The first-order valence-corrected chi connectivity index (χ1v) is 9.60. The van der Waals surface area contributed by atoms with Crippen LogP contribution in [0.15, 0.2) is 59.1 Å². The van der Waals surface area contributed by atoms with Gasteiger partial charge in [0.1, 0.15) is 6.61 Å². The van der Waals surface area contributed by atoms with E-state index in [1.165, 1.54) is 0 Å². The van der Waals surface area contributed by atoms with Crippen LogP contribution >= 0.6 is 11.3 Å². The number of aryl methyl sites for hydroxylation is 1. The molecule has 0 radical (unpaired) electrons. The van der Waals surface area contributed by atoms with Crippen molar-refractivity contribution in [3.63, 3.8) is 0 Å².